The molecular formula is C28H31NO4. The highest BCUT2D eigenvalue weighted by Crippen LogP contribution is 2.50. The van der Waals surface area contributed by atoms with Crippen LogP contribution in [0.3, 0.4) is 0 Å². The van der Waals surface area contributed by atoms with Gasteiger partial charge in [0.15, 0.2) is 0 Å². The molecule has 5 heteroatoms. The van der Waals surface area contributed by atoms with Crippen molar-refractivity contribution < 1.29 is 18.7 Å². The molecule has 5 rings (SSSR count). The Morgan fingerprint density at radius 1 is 1.00 bits per heavy atom. The van der Waals surface area contributed by atoms with Gasteiger partial charge in [-0.2, -0.15) is 0 Å². The van der Waals surface area contributed by atoms with Crippen molar-refractivity contribution in [2.75, 3.05) is 0 Å². The summed E-state index contributed by atoms with van der Waals surface area (Å²) in [5.74, 6) is 1.72. The summed E-state index contributed by atoms with van der Waals surface area (Å²) in [4.78, 5) is 13.7. The van der Waals surface area contributed by atoms with Crippen molar-refractivity contribution in [2.45, 2.75) is 71.3 Å². The molecule has 172 valence electrons. The molecule has 1 aliphatic carbocycles. The molecule has 2 aromatic carbocycles. The van der Waals surface area contributed by atoms with E-state index in [2.05, 4.69) is 37.4 Å². The molecule has 1 N–H and O–H groups in total. The van der Waals surface area contributed by atoms with Gasteiger partial charge in [0.25, 0.3) is 0 Å². The third-order valence-electron chi connectivity index (χ3n) is 6.79. The topological polar surface area (TPSA) is 60.7 Å². The molecule has 1 saturated carbocycles. The van der Waals surface area contributed by atoms with Gasteiger partial charge in [-0.25, -0.2) is 0 Å². The van der Waals surface area contributed by atoms with Gasteiger partial charge < -0.3 is 19.2 Å². The number of amides is 1. The first-order valence-electron chi connectivity index (χ1n) is 11.6. The van der Waals surface area contributed by atoms with Crippen molar-refractivity contribution in [2.24, 2.45) is 0 Å². The van der Waals surface area contributed by atoms with E-state index in [1.807, 2.05) is 51.1 Å². The second kappa shape index (κ2) is 7.77. The van der Waals surface area contributed by atoms with Gasteiger partial charge in [0, 0.05) is 19.4 Å². The minimum atomic E-state index is -0.671. The standard InChI is InChI=1S/C28H31NO4/c1-17-6-10-22(18(2)14-17)25(23-11-7-19(3)32-23)29-26(30)28(12-13-28)21-9-8-20-16-31-27(4,5)33-24(20)15-21/h6-11,14-15,25H,12-13,16H2,1-5H3,(H,29,30). The van der Waals surface area contributed by atoms with Crippen molar-refractivity contribution >= 4 is 5.91 Å². The summed E-state index contributed by atoms with van der Waals surface area (Å²) < 4.78 is 17.8. The van der Waals surface area contributed by atoms with E-state index in [1.165, 1.54) is 5.56 Å². The van der Waals surface area contributed by atoms with Crippen LogP contribution in [-0.2, 0) is 21.6 Å². The Bertz CT molecular complexity index is 1220. The van der Waals surface area contributed by atoms with Gasteiger partial charge in [-0.15, -0.1) is 0 Å². The minimum Gasteiger partial charge on any atom is -0.464 e. The Balaban J connectivity index is 1.46. The van der Waals surface area contributed by atoms with Gasteiger partial charge in [0.1, 0.15) is 23.3 Å². The van der Waals surface area contributed by atoms with Gasteiger partial charge in [0.05, 0.1) is 12.0 Å². The number of hydrogen-bond acceptors (Lipinski definition) is 4. The molecule has 1 aromatic heterocycles. The lowest BCUT2D eigenvalue weighted by Gasteiger charge is -2.33. The van der Waals surface area contributed by atoms with Gasteiger partial charge in [-0.3, -0.25) is 4.79 Å². The van der Waals surface area contributed by atoms with Crippen molar-refractivity contribution in [3.63, 3.8) is 0 Å². The molecular weight excluding hydrogens is 414 g/mol. The van der Waals surface area contributed by atoms with Gasteiger partial charge in [0.2, 0.25) is 11.7 Å². The van der Waals surface area contributed by atoms with Gasteiger partial charge in [-0.05, 0) is 68.5 Å². The first-order valence-corrected chi connectivity index (χ1v) is 11.6. The van der Waals surface area contributed by atoms with E-state index >= 15 is 0 Å². The number of ether oxygens (including phenoxy) is 2. The van der Waals surface area contributed by atoms with Crippen LogP contribution in [-0.4, -0.2) is 11.7 Å². The molecule has 33 heavy (non-hydrogen) atoms. The largest absolute Gasteiger partial charge is 0.464 e. The quantitative estimate of drug-likeness (QED) is 0.540. The zero-order chi connectivity index (χ0) is 23.4. The normalized spacial score (nSPS) is 18.7. The average molecular weight is 446 g/mol. The van der Waals surface area contributed by atoms with Crippen LogP contribution in [0.1, 0.15) is 72.1 Å². The van der Waals surface area contributed by atoms with E-state index in [0.717, 1.165) is 52.4 Å². The second-order valence-corrected chi connectivity index (χ2v) is 9.91. The fourth-order valence-corrected chi connectivity index (χ4v) is 4.71. The van der Waals surface area contributed by atoms with E-state index in [0.29, 0.717) is 6.61 Å². The minimum absolute atomic E-state index is 0.0211. The van der Waals surface area contributed by atoms with Crippen LogP contribution in [0.4, 0.5) is 0 Å². The van der Waals surface area contributed by atoms with Crippen molar-refractivity contribution in [3.05, 3.63) is 87.9 Å². The monoisotopic (exact) mass is 445 g/mol. The van der Waals surface area contributed by atoms with Crippen LogP contribution >= 0.6 is 0 Å². The highest BCUT2D eigenvalue weighted by Gasteiger charge is 2.52. The maximum absolute atomic E-state index is 13.7. The maximum atomic E-state index is 13.7. The molecule has 1 atom stereocenters. The maximum Gasteiger partial charge on any atom is 0.231 e. The van der Waals surface area contributed by atoms with Crippen LogP contribution < -0.4 is 10.1 Å². The van der Waals surface area contributed by atoms with E-state index in [9.17, 15) is 4.79 Å². The van der Waals surface area contributed by atoms with E-state index in [-0.39, 0.29) is 11.9 Å². The third kappa shape index (κ3) is 4.06. The molecule has 5 nitrogen and oxygen atoms in total. The molecule has 0 bridgehead atoms. The summed E-state index contributed by atoms with van der Waals surface area (Å²) in [6.07, 6.45) is 1.63. The molecule has 0 saturated heterocycles. The zero-order valence-corrected chi connectivity index (χ0v) is 20.0. The summed E-state index contributed by atoms with van der Waals surface area (Å²) >= 11 is 0. The number of carbonyl (C=O) groups excluding carboxylic acids is 1. The summed E-state index contributed by atoms with van der Waals surface area (Å²) in [6.45, 7) is 10.4. The highest BCUT2D eigenvalue weighted by atomic mass is 16.7. The summed E-state index contributed by atoms with van der Waals surface area (Å²) in [6, 6.07) is 15.9. The van der Waals surface area contributed by atoms with Crippen LogP contribution in [0.5, 0.6) is 5.75 Å². The molecule has 2 aliphatic rings. The second-order valence-electron chi connectivity index (χ2n) is 9.91. The smallest absolute Gasteiger partial charge is 0.231 e. The third-order valence-corrected chi connectivity index (χ3v) is 6.79. The molecule has 1 amide bonds. The Labute approximate surface area is 195 Å². The van der Waals surface area contributed by atoms with E-state index < -0.39 is 11.2 Å². The van der Waals surface area contributed by atoms with E-state index in [1.54, 1.807) is 0 Å². The predicted octanol–water partition coefficient (Wildman–Crippen LogP) is 5.79. The molecule has 3 aromatic rings. The van der Waals surface area contributed by atoms with E-state index in [4.69, 9.17) is 13.9 Å². The van der Waals surface area contributed by atoms with Crippen molar-refractivity contribution in [3.8, 4) is 5.75 Å². The molecule has 0 radical (unpaired) electrons. The lowest BCUT2D eigenvalue weighted by molar-refractivity contribution is -0.180. The summed E-state index contributed by atoms with van der Waals surface area (Å²) in [5, 5.41) is 3.32. The predicted molar refractivity (Wildman–Crippen MR) is 126 cm³/mol. The lowest BCUT2D eigenvalue weighted by atomic mass is 9.91. The zero-order valence-electron chi connectivity index (χ0n) is 20.0. The Hall–Kier alpha value is -3.05. The summed E-state index contributed by atoms with van der Waals surface area (Å²) in [5.41, 5.74) is 4.83. The van der Waals surface area contributed by atoms with Crippen molar-refractivity contribution in [1.29, 1.82) is 0 Å². The van der Waals surface area contributed by atoms with Crippen molar-refractivity contribution in [1.82, 2.24) is 5.32 Å². The summed E-state index contributed by atoms with van der Waals surface area (Å²) in [7, 11) is 0. The van der Waals surface area contributed by atoms with Crippen LogP contribution in [0.15, 0.2) is 52.9 Å². The number of furan rings is 1. The van der Waals surface area contributed by atoms with Crippen LogP contribution in [0, 0.1) is 20.8 Å². The number of rotatable bonds is 5. The lowest BCUT2D eigenvalue weighted by Crippen LogP contribution is -2.38. The number of aryl methyl sites for hydroxylation is 3. The number of nitrogens with one attached hydrogen (secondary N) is 1. The molecule has 2 heterocycles. The number of hydrogen-bond donors (Lipinski definition) is 1. The SMILES string of the molecule is Cc1ccc(C(NC(=O)C2(c3ccc4c(c3)OC(C)(C)OC4)CC2)c2ccc(C)o2)c(C)c1. The Morgan fingerprint density at radius 3 is 2.45 bits per heavy atom. The molecule has 0 spiro atoms. The first-order chi connectivity index (χ1) is 15.7. The number of carbonyl (C=O) groups is 1. The number of fused-ring (bicyclic) bond motifs is 1. The highest BCUT2D eigenvalue weighted by molar-refractivity contribution is 5.92. The Morgan fingerprint density at radius 2 is 1.79 bits per heavy atom. The van der Waals surface area contributed by atoms with Crippen LogP contribution in [0.2, 0.25) is 0 Å². The van der Waals surface area contributed by atoms with Gasteiger partial charge >= 0.3 is 0 Å². The number of benzene rings is 2. The molecule has 1 fully saturated rings. The van der Waals surface area contributed by atoms with Crippen LogP contribution in [0.25, 0.3) is 0 Å². The fraction of sp³-hybridized carbons (Fsp3) is 0.393. The fourth-order valence-electron chi connectivity index (χ4n) is 4.71. The van der Waals surface area contributed by atoms with Gasteiger partial charge in [-0.1, -0.05) is 35.9 Å². The average Bonchev–Trinajstić information content (AvgIpc) is 3.46. The first kappa shape index (κ1) is 21.8. The molecule has 1 unspecified atom stereocenters. The molecule has 1 aliphatic heterocycles. The Kier molecular flexibility index (Phi) is 5.13.